The van der Waals surface area contributed by atoms with Crippen LogP contribution in [0.5, 0.6) is 11.6 Å². The molecule has 0 bridgehead atoms. The predicted octanol–water partition coefficient (Wildman–Crippen LogP) is 4.92. The van der Waals surface area contributed by atoms with Gasteiger partial charge in [-0.2, -0.15) is 5.10 Å². The predicted molar refractivity (Wildman–Crippen MR) is 135 cm³/mol. The summed E-state index contributed by atoms with van der Waals surface area (Å²) in [5.41, 5.74) is 1.89. The van der Waals surface area contributed by atoms with Crippen LogP contribution in [0.1, 0.15) is 56.3 Å². The van der Waals surface area contributed by atoms with E-state index in [4.69, 9.17) is 8.85 Å². The van der Waals surface area contributed by atoms with Crippen LogP contribution < -0.4 is 20.1 Å². The van der Waals surface area contributed by atoms with Gasteiger partial charge in [0.05, 0.1) is 22.7 Å². The number of carbonyl (C=O) groups is 2. The Kier molecular flexibility index (Phi) is 5.90. The van der Waals surface area contributed by atoms with E-state index in [9.17, 15) is 22.8 Å². The Hall–Kier alpha value is -4.61. The summed E-state index contributed by atoms with van der Waals surface area (Å²) in [5.74, 6) is -1.98. The molecule has 3 N–H and O–H groups in total. The lowest BCUT2D eigenvalue weighted by Crippen LogP contribution is -2.27. The second-order valence-electron chi connectivity index (χ2n) is 9.07. The Morgan fingerprint density at radius 1 is 1.13 bits per heavy atom. The van der Waals surface area contributed by atoms with Crippen LogP contribution in [0, 0.1) is 0 Å². The van der Waals surface area contributed by atoms with E-state index in [1.165, 1.54) is 31.3 Å². The van der Waals surface area contributed by atoms with Gasteiger partial charge in [-0.15, -0.1) is 13.2 Å². The van der Waals surface area contributed by atoms with Gasteiger partial charge in [0.25, 0.3) is 11.8 Å². The molecule has 0 radical (unpaired) electrons. The molecule has 0 unspecified atom stereocenters. The number of methoxy groups -OCH3 is 1. The zero-order valence-electron chi connectivity index (χ0n) is 23.4. The molecule has 0 spiro atoms. The van der Waals surface area contributed by atoms with Gasteiger partial charge in [-0.1, -0.05) is 18.2 Å². The molecular weight excluding hydrogens is 515 g/mol. The zero-order valence-corrected chi connectivity index (χ0v) is 20.4. The Morgan fingerprint density at radius 3 is 2.69 bits per heavy atom. The molecule has 2 aromatic carbocycles. The summed E-state index contributed by atoms with van der Waals surface area (Å²) in [4.78, 5) is 29.9. The van der Waals surface area contributed by atoms with Crippen LogP contribution in [-0.4, -0.2) is 46.4 Å². The van der Waals surface area contributed by atoms with Crippen LogP contribution in [0.2, 0.25) is 0 Å². The van der Waals surface area contributed by atoms with Gasteiger partial charge in [-0.05, 0) is 61.2 Å². The summed E-state index contributed by atoms with van der Waals surface area (Å²) < 4.78 is 69.2. The molecule has 12 heteroatoms. The molecule has 1 atom stereocenters. The Morgan fingerprint density at radius 2 is 1.95 bits per heavy atom. The number of hydrogen-bond acceptors (Lipinski definition) is 6. The minimum Gasteiger partial charge on any atom is -0.480 e. The van der Waals surface area contributed by atoms with Gasteiger partial charge < -0.3 is 20.1 Å². The van der Waals surface area contributed by atoms with Gasteiger partial charge in [-0.25, -0.2) is 4.98 Å². The summed E-state index contributed by atoms with van der Waals surface area (Å²) in [6.45, 7) is 1.54. The molecule has 1 fully saturated rings. The molecule has 202 valence electrons. The molecule has 4 aromatic rings. The monoisotopic (exact) mass is 542 g/mol. The third kappa shape index (κ3) is 5.95. The highest BCUT2D eigenvalue weighted by molar-refractivity contribution is 6.05. The summed E-state index contributed by atoms with van der Waals surface area (Å²) in [6, 6.07) is 10.9. The number of aromatic nitrogens is 3. The van der Waals surface area contributed by atoms with Crippen molar-refractivity contribution >= 4 is 22.7 Å². The lowest BCUT2D eigenvalue weighted by atomic mass is 10.0. The number of ether oxygens (including phenoxy) is 2. The van der Waals surface area contributed by atoms with Crippen molar-refractivity contribution in [3.05, 3.63) is 71.5 Å². The molecule has 1 saturated carbocycles. The Balaban J connectivity index is 1.42. The standard InChI is InChI=1S/C27H24F3N5O4/c1-14(15-4-3-5-19(10-15)39-27(28,29)30)32-24(36)21-11-17(13-31-26(21)38-2)16-6-9-20-22(12-16)34-35-23(20)25(37)33-18-7-8-18/h3-6,9-14,18H,7-8H2,1-2H3,(H,32,36)(H,33,37)(H,34,35)/t14-/m1/s1/i2D3. The quantitative estimate of drug-likeness (QED) is 0.291. The average Bonchev–Trinajstić information content (AvgIpc) is 3.61. The number of H-pyrrole nitrogens is 1. The Labute approximate surface area is 224 Å². The van der Waals surface area contributed by atoms with E-state index in [0.29, 0.717) is 27.6 Å². The van der Waals surface area contributed by atoms with E-state index in [1.807, 2.05) is 0 Å². The van der Waals surface area contributed by atoms with Crippen molar-refractivity contribution in [3.8, 4) is 22.8 Å². The molecule has 39 heavy (non-hydrogen) atoms. The minimum atomic E-state index is -4.89. The van der Waals surface area contributed by atoms with Crippen LogP contribution in [0.15, 0.2) is 54.7 Å². The first kappa shape index (κ1) is 22.4. The van der Waals surface area contributed by atoms with Gasteiger partial charge >= 0.3 is 6.36 Å². The van der Waals surface area contributed by atoms with Crippen molar-refractivity contribution in [1.82, 2.24) is 25.8 Å². The fourth-order valence-electron chi connectivity index (χ4n) is 4.05. The number of hydrogen-bond donors (Lipinski definition) is 3. The van der Waals surface area contributed by atoms with Gasteiger partial charge in [0.15, 0.2) is 5.69 Å². The summed E-state index contributed by atoms with van der Waals surface area (Å²) in [6.07, 6.45) is -1.69. The van der Waals surface area contributed by atoms with Crippen molar-refractivity contribution < 1.29 is 36.3 Å². The number of benzene rings is 2. The van der Waals surface area contributed by atoms with Crippen molar-refractivity contribution in [2.75, 3.05) is 7.04 Å². The highest BCUT2D eigenvalue weighted by atomic mass is 19.4. The number of aromatic amines is 1. The smallest absolute Gasteiger partial charge is 0.480 e. The molecular formula is C27H24F3N5O4. The van der Waals surface area contributed by atoms with Crippen LogP contribution in [0.3, 0.4) is 0 Å². The molecule has 0 saturated heterocycles. The molecule has 0 aliphatic heterocycles. The maximum Gasteiger partial charge on any atom is 0.573 e. The number of nitrogens with one attached hydrogen (secondary N) is 3. The lowest BCUT2D eigenvalue weighted by molar-refractivity contribution is -0.274. The van der Waals surface area contributed by atoms with Crippen LogP contribution in [0.25, 0.3) is 22.0 Å². The van der Waals surface area contributed by atoms with E-state index in [0.717, 1.165) is 25.0 Å². The lowest BCUT2D eigenvalue weighted by Gasteiger charge is -2.17. The van der Waals surface area contributed by atoms with E-state index < -0.39 is 37.0 Å². The molecule has 1 aliphatic rings. The molecule has 5 rings (SSSR count). The summed E-state index contributed by atoms with van der Waals surface area (Å²) in [5, 5.41) is 13.1. The number of rotatable bonds is 8. The fraction of sp³-hybridized carbons (Fsp3) is 0.259. The number of pyridine rings is 1. The average molecular weight is 543 g/mol. The van der Waals surface area contributed by atoms with Crippen LogP contribution in [0.4, 0.5) is 13.2 Å². The second kappa shape index (κ2) is 10.3. The molecule has 2 amide bonds. The normalized spacial score (nSPS) is 15.5. The molecule has 2 heterocycles. The van der Waals surface area contributed by atoms with Gasteiger partial charge in [0.2, 0.25) is 5.88 Å². The van der Waals surface area contributed by atoms with Gasteiger partial charge in [-0.3, -0.25) is 14.7 Å². The Bertz CT molecular complexity index is 1650. The third-order valence-corrected chi connectivity index (χ3v) is 6.16. The minimum absolute atomic E-state index is 0.162. The number of carbonyl (C=O) groups excluding carboxylic acids is 2. The van der Waals surface area contributed by atoms with Crippen molar-refractivity contribution in [2.24, 2.45) is 0 Å². The van der Waals surface area contributed by atoms with Crippen molar-refractivity contribution in [1.29, 1.82) is 0 Å². The first-order valence-electron chi connectivity index (χ1n) is 13.4. The molecule has 9 nitrogen and oxygen atoms in total. The maximum atomic E-state index is 13.3. The number of fused-ring (bicyclic) bond motifs is 1. The zero-order chi connectivity index (χ0) is 30.2. The van der Waals surface area contributed by atoms with Gasteiger partial charge in [0.1, 0.15) is 11.3 Å². The summed E-state index contributed by atoms with van der Waals surface area (Å²) in [7, 11) is -2.91. The molecule has 1 aliphatic carbocycles. The maximum absolute atomic E-state index is 13.3. The van der Waals surface area contributed by atoms with Crippen molar-refractivity contribution in [3.63, 3.8) is 0 Å². The van der Waals surface area contributed by atoms with E-state index in [2.05, 4.69) is 30.6 Å². The topological polar surface area (TPSA) is 118 Å². The second-order valence-corrected chi connectivity index (χ2v) is 9.07. The first-order chi connectivity index (χ1) is 19.8. The number of alkyl halides is 3. The van der Waals surface area contributed by atoms with Crippen LogP contribution >= 0.6 is 0 Å². The molecule has 2 aromatic heterocycles. The van der Waals surface area contributed by atoms with E-state index >= 15 is 0 Å². The fourth-order valence-corrected chi connectivity index (χ4v) is 4.05. The van der Waals surface area contributed by atoms with E-state index in [1.54, 1.807) is 18.2 Å². The number of nitrogens with zero attached hydrogens (tertiary/aromatic N) is 2. The highest BCUT2D eigenvalue weighted by Gasteiger charge is 2.31. The van der Waals surface area contributed by atoms with Crippen molar-refractivity contribution in [2.45, 2.75) is 38.2 Å². The van der Waals surface area contributed by atoms with Gasteiger partial charge in [0, 0.05) is 23.2 Å². The largest absolute Gasteiger partial charge is 0.573 e. The van der Waals surface area contributed by atoms with Crippen LogP contribution in [-0.2, 0) is 0 Å². The SMILES string of the molecule is [2H]C([2H])([2H])Oc1ncc(-c2ccc3c(C(=O)NC4CC4)n[nH]c3c2)cc1C(=O)N[C@H](C)c1cccc(OC(F)(F)F)c1. The third-order valence-electron chi connectivity index (χ3n) is 6.16. The number of halogens is 3. The number of amides is 2. The van der Waals surface area contributed by atoms with E-state index in [-0.39, 0.29) is 23.2 Å². The summed E-state index contributed by atoms with van der Waals surface area (Å²) >= 11 is 0. The highest BCUT2D eigenvalue weighted by Crippen LogP contribution is 2.30. The first-order valence-corrected chi connectivity index (χ1v) is 11.9.